The predicted octanol–water partition coefficient (Wildman–Crippen LogP) is 3.65. The molecular weight excluding hydrogens is 274 g/mol. The molecule has 2 aromatic rings. The first-order valence-electron chi connectivity index (χ1n) is 4.70. The van der Waals surface area contributed by atoms with E-state index in [1.165, 1.54) is 4.88 Å². The van der Waals surface area contributed by atoms with Gasteiger partial charge in [0.25, 0.3) is 0 Å². The van der Waals surface area contributed by atoms with Crippen molar-refractivity contribution in [3.05, 3.63) is 44.4 Å². The van der Waals surface area contributed by atoms with Crippen molar-refractivity contribution in [2.24, 2.45) is 5.73 Å². The molecule has 2 rings (SSSR count). The van der Waals surface area contributed by atoms with Crippen LogP contribution in [0.1, 0.15) is 22.2 Å². The fourth-order valence-corrected chi connectivity index (χ4v) is 3.00. The fourth-order valence-electron chi connectivity index (χ4n) is 1.45. The second-order valence-electron chi connectivity index (χ2n) is 3.51. The molecule has 2 aromatic heterocycles. The van der Waals surface area contributed by atoms with E-state index in [0.717, 1.165) is 21.5 Å². The molecule has 0 bridgehead atoms. The molecule has 0 saturated carbocycles. The van der Waals surface area contributed by atoms with Crippen molar-refractivity contribution in [3.8, 4) is 0 Å². The van der Waals surface area contributed by atoms with Gasteiger partial charge in [0.15, 0.2) is 0 Å². The Morgan fingerprint density at radius 1 is 1.53 bits per heavy atom. The first kappa shape index (κ1) is 10.9. The van der Waals surface area contributed by atoms with Gasteiger partial charge in [-0.15, -0.1) is 11.3 Å². The Morgan fingerprint density at radius 2 is 2.33 bits per heavy atom. The number of furan rings is 1. The van der Waals surface area contributed by atoms with E-state index in [1.807, 2.05) is 19.1 Å². The average molecular weight is 286 g/mol. The van der Waals surface area contributed by atoms with Gasteiger partial charge in [-0.2, -0.15) is 0 Å². The van der Waals surface area contributed by atoms with Crippen molar-refractivity contribution in [1.29, 1.82) is 0 Å². The lowest BCUT2D eigenvalue weighted by molar-refractivity contribution is 0.528. The number of nitrogens with two attached hydrogens (primary N) is 1. The number of hydrogen-bond acceptors (Lipinski definition) is 3. The maximum atomic E-state index is 6.08. The molecule has 15 heavy (non-hydrogen) atoms. The van der Waals surface area contributed by atoms with Gasteiger partial charge in [-0.25, -0.2) is 0 Å². The SMILES string of the molecule is Cc1cc(C(N)Cc2ccc(Br)s2)co1. The Bertz CT molecular complexity index is 449. The molecule has 4 heteroatoms. The number of aryl methyl sites for hydroxylation is 1. The number of rotatable bonds is 3. The molecule has 0 aliphatic rings. The molecule has 80 valence electrons. The van der Waals surface area contributed by atoms with E-state index in [-0.39, 0.29) is 6.04 Å². The lowest BCUT2D eigenvalue weighted by Gasteiger charge is -2.06. The van der Waals surface area contributed by atoms with Crippen LogP contribution in [0.15, 0.2) is 32.7 Å². The summed E-state index contributed by atoms with van der Waals surface area (Å²) in [5, 5.41) is 0. The molecule has 2 nitrogen and oxygen atoms in total. The summed E-state index contributed by atoms with van der Waals surface area (Å²) in [5.41, 5.74) is 7.15. The minimum atomic E-state index is 0.0213. The van der Waals surface area contributed by atoms with Crippen molar-refractivity contribution in [1.82, 2.24) is 0 Å². The quantitative estimate of drug-likeness (QED) is 0.935. The van der Waals surface area contributed by atoms with Crippen LogP contribution < -0.4 is 5.73 Å². The number of halogens is 1. The normalized spacial score (nSPS) is 13.0. The molecular formula is C11H12BrNOS. The van der Waals surface area contributed by atoms with Gasteiger partial charge >= 0.3 is 0 Å². The summed E-state index contributed by atoms with van der Waals surface area (Å²) < 4.78 is 6.39. The van der Waals surface area contributed by atoms with Gasteiger partial charge in [0.2, 0.25) is 0 Å². The molecule has 0 aliphatic heterocycles. The van der Waals surface area contributed by atoms with Crippen LogP contribution in [0, 0.1) is 6.92 Å². The van der Waals surface area contributed by atoms with Gasteiger partial charge in [-0.1, -0.05) is 0 Å². The molecule has 1 unspecified atom stereocenters. The van der Waals surface area contributed by atoms with Crippen LogP contribution in [0.2, 0.25) is 0 Å². The van der Waals surface area contributed by atoms with Crippen LogP contribution in [-0.4, -0.2) is 0 Å². The molecule has 0 aromatic carbocycles. The van der Waals surface area contributed by atoms with E-state index < -0.39 is 0 Å². The van der Waals surface area contributed by atoms with Crippen molar-refractivity contribution < 1.29 is 4.42 Å². The first-order chi connectivity index (χ1) is 7.15. The first-order valence-corrected chi connectivity index (χ1v) is 6.31. The van der Waals surface area contributed by atoms with Crippen LogP contribution in [0.5, 0.6) is 0 Å². The van der Waals surface area contributed by atoms with Crippen LogP contribution >= 0.6 is 27.3 Å². The van der Waals surface area contributed by atoms with E-state index in [4.69, 9.17) is 10.2 Å². The summed E-state index contributed by atoms with van der Waals surface area (Å²) >= 11 is 5.17. The van der Waals surface area contributed by atoms with Gasteiger partial charge in [-0.05, 0) is 41.1 Å². The monoisotopic (exact) mass is 285 g/mol. The van der Waals surface area contributed by atoms with Crippen LogP contribution in [-0.2, 0) is 6.42 Å². The Balaban J connectivity index is 2.06. The molecule has 2 N–H and O–H groups in total. The topological polar surface area (TPSA) is 39.2 Å². The number of thiophene rings is 1. The lowest BCUT2D eigenvalue weighted by atomic mass is 10.1. The third-order valence-electron chi connectivity index (χ3n) is 2.23. The van der Waals surface area contributed by atoms with Crippen LogP contribution in [0.4, 0.5) is 0 Å². The molecule has 2 heterocycles. The Hall–Kier alpha value is -0.580. The second-order valence-corrected chi connectivity index (χ2v) is 6.05. The highest BCUT2D eigenvalue weighted by atomic mass is 79.9. The molecule has 0 saturated heterocycles. The average Bonchev–Trinajstić information content (AvgIpc) is 2.75. The molecule has 0 spiro atoms. The minimum Gasteiger partial charge on any atom is -0.469 e. The van der Waals surface area contributed by atoms with Crippen molar-refractivity contribution in [2.45, 2.75) is 19.4 Å². The van der Waals surface area contributed by atoms with Gasteiger partial charge in [0.05, 0.1) is 10.0 Å². The highest BCUT2D eigenvalue weighted by Crippen LogP contribution is 2.26. The van der Waals surface area contributed by atoms with Crippen molar-refractivity contribution in [2.75, 3.05) is 0 Å². The summed E-state index contributed by atoms with van der Waals surface area (Å²) in [6.45, 7) is 1.93. The van der Waals surface area contributed by atoms with E-state index in [2.05, 4.69) is 22.0 Å². The van der Waals surface area contributed by atoms with E-state index >= 15 is 0 Å². The highest BCUT2D eigenvalue weighted by Gasteiger charge is 2.10. The summed E-state index contributed by atoms with van der Waals surface area (Å²) in [4.78, 5) is 1.29. The zero-order valence-electron chi connectivity index (χ0n) is 8.37. The second kappa shape index (κ2) is 4.51. The summed E-state index contributed by atoms with van der Waals surface area (Å²) in [6, 6.07) is 6.16. The highest BCUT2D eigenvalue weighted by molar-refractivity contribution is 9.11. The van der Waals surface area contributed by atoms with Crippen molar-refractivity contribution >= 4 is 27.3 Å². The third-order valence-corrected chi connectivity index (χ3v) is 3.87. The third kappa shape index (κ3) is 2.71. The standard InChI is InChI=1S/C11H12BrNOS/c1-7-4-8(6-14-7)10(13)5-9-2-3-11(12)15-9/h2-4,6,10H,5,13H2,1H3. The summed E-state index contributed by atoms with van der Waals surface area (Å²) in [5.74, 6) is 0.910. The Kier molecular flexibility index (Phi) is 3.29. The smallest absolute Gasteiger partial charge is 0.101 e. The Morgan fingerprint density at radius 3 is 2.87 bits per heavy atom. The zero-order valence-corrected chi connectivity index (χ0v) is 10.8. The minimum absolute atomic E-state index is 0.0213. The molecule has 0 aliphatic carbocycles. The van der Waals surface area contributed by atoms with Gasteiger partial charge in [0, 0.05) is 22.9 Å². The van der Waals surface area contributed by atoms with E-state index in [9.17, 15) is 0 Å². The van der Waals surface area contributed by atoms with Crippen LogP contribution in [0.3, 0.4) is 0 Å². The van der Waals surface area contributed by atoms with Gasteiger partial charge in [-0.3, -0.25) is 0 Å². The lowest BCUT2D eigenvalue weighted by Crippen LogP contribution is -2.11. The van der Waals surface area contributed by atoms with E-state index in [1.54, 1.807) is 17.6 Å². The van der Waals surface area contributed by atoms with Gasteiger partial charge in [0.1, 0.15) is 5.76 Å². The number of hydrogen-bond donors (Lipinski definition) is 1. The molecule has 1 atom stereocenters. The Labute approximate surface area is 101 Å². The predicted molar refractivity (Wildman–Crippen MR) is 66.1 cm³/mol. The largest absolute Gasteiger partial charge is 0.469 e. The molecule has 0 amide bonds. The van der Waals surface area contributed by atoms with Gasteiger partial charge < -0.3 is 10.2 Å². The fraction of sp³-hybridized carbons (Fsp3) is 0.273. The molecule has 0 radical (unpaired) electrons. The summed E-state index contributed by atoms with van der Waals surface area (Å²) in [6.07, 6.45) is 2.60. The zero-order chi connectivity index (χ0) is 10.8. The van der Waals surface area contributed by atoms with Crippen molar-refractivity contribution in [3.63, 3.8) is 0 Å². The maximum Gasteiger partial charge on any atom is 0.101 e. The summed E-state index contributed by atoms with van der Waals surface area (Å²) in [7, 11) is 0. The maximum absolute atomic E-state index is 6.08. The van der Waals surface area contributed by atoms with E-state index in [0.29, 0.717) is 0 Å². The van der Waals surface area contributed by atoms with Crippen LogP contribution in [0.25, 0.3) is 0 Å². The molecule has 0 fully saturated rings.